The number of likely N-dealkylation sites (tertiary alicyclic amines) is 1. The molecule has 0 spiro atoms. The Balaban J connectivity index is 1.63. The topological polar surface area (TPSA) is 63.7 Å². The van der Waals surface area contributed by atoms with E-state index in [-0.39, 0.29) is 22.9 Å². The number of amides is 1. The molecular formula is C22H25NO4S. The molecule has 0 N–H and O–H groups in total. The van der Waals surface area contributed by atoms with Gasteiger partial charge >= 0.3 is 0 Å². The van der Waals surface area contributed by atoms with Crippen molar-refractivity contribution in [2.75, 3.05) is 6.26 Å². The highest BCUT2D eigenvalue weighted by molar-refractivity contribution is 7.90. The summed E-state index contributed by atoms with van der Waals surface area (Å²) < 4.78 is 29.6. The summed E-state index contributed by atoms with van der Waals surface area (Å²) in [6.07, 6.45) is 6.15. The summed E-state index contributed by atoms with van der Waals surface area (Å²) in [5.41, 5.74) is 0.915. The fraction of sp³-hybridized carbons (Fsp3) is 0.409. The molecule has 5 nitrogen and oxygen atoms in total. The van der Waals surface area contributed by atoms with Gasteiger partial charge in [-0.15, -0.1) is 0 Å². The number of hydrogen-bond donors (Lipinski definition) is 0. The van der Waals surface area contributed by atoms with Gasteiger partial charge in [-0.1, -0.05) is 49.6 Å². The highest BCUT2D eigenvalue weighted by atomic mass is 32.2. The van der Waals surface area contributed by atoms with E-state index < -0.39 is 15.9 Å². The first kappa shape index (κ1) is 19.0. The van der Waals surface area contributed by atoms with Gasteiger partial charge < -0.3 is 9.64 Å². The van der Waals surface area contributed by atoms with Gasteiger partial charge in [-0.2, -0.15) is 0 Å². The van der Waals surface area contributed by atoms with Crippen LogP contribution in [-0.4, -0.2) is 37.6 Å². The number of rotatable bonds is 5. The van der Waals surface area contributed by atoms with Crippen molar-refractivity contribution < 1.29 is 17.9 Å². The van der Waals surface area contributed by atoms with Gasteiger partial charge in [-0.3, -0.25) is 4.79 Å². The number of ether oxygens (including phenoxy) is 1. The Hall–Kier alpha value is -2.34. The van der Waals surface area contributed by atoms with Gasteiger partial charge in [0, 0.05) is 12.3 Å². The minimum Gasteiger partial charge on any atom is -0.478 e. The fourth-order valence-corrected chi connectivity index (χ4v) is 4.89. The summed E-state index contributed by atoms with van der Waals surface area (Å²) in [4.78, 5) is 15.2. The Morgan fingerprint density at radius 1 is 0.929 bits per heavy atom. The second-order valence-electron chi connectivity index (χ2n) is 7.67. The summed E-state index contributed by atoms with van der Waals surface area (Å²) >= 11 is 0. The smallest absolute Gasteiger partial charge is 0.267 e. The van der Waals surface area contributed by atoms with Crippen LogP contribution in [0.3, 0.4) is 0 Å². The third-order valence-electron chi connectivity index (χ3n) is 5.71. The van der Waals surface area contributed by atoms with Crippen molar-refractivity contribution >= 4 is 15.7 Å². The maximum atomic E-state index is 13.0. The lowest BCUT2D eigenvalue weighted by Crippen LogP contribution is -2.64. The molecule has 2 aromatic carbocycles. The zero-order valence-corrected chi connectivity index (χ0v) is 16.8. The Kier molecular flexibility index (Phi) is 5.15. The highest BCUT2D eigenvalue weighted by Crippen LogP contribution is 2.42. The molecule has 1 heterocycles. The third-order valence-corrected chi connectivity index (χ3v) is 6.84. The van der Waals surface area contributed by atoms with Crippen molar-refractivity contribution in [2.24, 2.45) is 0 Å². The van der Waals surface area contributed by atoms with Crippen LogP contribution in [-0.2, 0) is 14.6 Å². The van der Waals surface area contributed by atoms with Gasteiger partial charge in [0.05, 0.1) is 4.90 Å². The van der Waals surface area contributed by atoms with Gasteiger partial charge in [0.25, 0.3) is 5.91 Å². The first-order valence-corrected chi connectivity index (χ1v) is 11.7. The second-order valence-corrected chi connectivity index (χ2v) is 9.69. The zero-order chi connectivity index (χ0) is 19.7. The van der Waals surface area contributed by atoms with E-state index in [0.717, 1.165) is 31.2 Å². The minimum absolute atomic E-state index is 0.0212. The lowest BCUT2D eigenvalue weighted by atomic mass is 9.84. The summed E-state index contributed by atoms with van der Waals surface area (Å²) in [5.74, 6) is 0.690. The van der Waals surface area contributed by atoms with Crippen LogP contribution < -0.4 is 4.74 Å². The molecule has 0 bridgehead atoms. The van der Waals surface area contributed by atoms with Crippen LogP contribution in [0.1, 0.15) is 43.7 Å². The predicted octanol–water partition coefficient (Wildman–Crippen LogP) is 3.75. The van der Waals surface area contributed by atoms with Crippen LogP contribution in [0.15, 0.2) is 59.5 Å². The SMILES string of the molecule is CS(=O)(=O)c1ccc(C2C(Oc3ccccc3)C(=O)N2C2CCCCC2)cc1. The van der Waals surface area contributed by atoms with E-state index in [1.807, 2.05) is 47.4 Å². The summed E-state index contributed by atoms with van der Waals surface area (Å²) in [7, 11) is -3.25. The van der Waals surface area contributed by atoms with Gasteiger partial charge in [0.15, 0.2) is 9.84 Å². The fourth-order valence-electron chi connectivity index (χ4n) is 4.26. The molecule has 2 aromatic rings. The monoisotopic (exact) mass is 399 g/mol. The third kappa shape index (κ3) is 3.65. The molecule has 2 atom stereocenters. The number of sulfone groups is 1. The number of para-hydroxylation sites is 1. The average Bonchev–Trinajstić information content (AvgIpc) is 2.71. The molecule has 1 saturated heterocycles. The van der Waals surface area contributed by atoms with E-state index in [1.165, 1.54) is 12.7 Å². The first-order valence-electron chi connectivity index (χ1n) is 9.79. The Morgan fingerprint density at radius 2 is 1.57 bits per heavy atom. The summed E-state index contributed by atoms with van der Waals surface area (Å²) in [6.45, 7) is 0. The number of benzene rings is 2. The van der Waals surface area contributed by atoms with Crippen LogP contribution in [0, 0.1) is 0 Å². The number of hydrogen-bond acceptors (Lipinski definition) is 4. The molecule has 2 aliphatic rings. The van der Waals surface area contributed by atoms with E-state index in [9.17, 15) is 13.2 Å². The molecule has 2 fully saturated rings. The molecule has 1 aliphatic carbocycles. The predicted molar refractivity (Wildman–Crippen MR) is 107 cm³/mol. The van der Waals surface area contributed by atoms with E-state index >= 15 is 0 Å². The molecular weight excluding hydrogens is 374 g/mol. The van der Waals surface area contributed by atoms with Crippen molar-refractivity contribution in [1.29, 1.82) is 0 Å². The molecule has 6 heteroatoms. The molecule has 28 heavy (non-hydrogen) atoms. The maximum Gasteiger partial charge on any atom is 0.267 e. The van der Waals surface area contributed by atoms with Crippen LogP contribution in [0.25, 0.3) is 0 Å². The largest absolute Gasteiger partial charge is 0.478 e. The number of carbonyl (C=O) groups is 1. The molecule has 1 saturated carbocycles. The van der Waals surface area contributed by atoms with Crippen LogP contribution in [0.5, 0.6) is 5.75 Å². The number of β-lactam (4-membered cyclic amide) rings is 1. The van der Waals surface area contributed by atoms with Crippen molar-refractivity contribution in [1.82, 2.24) is 4.90 Å². The van der Waals surface area contributed by atoms with Gasteiger partial charge in [0.2, 0.25) is 6.10 Å². The van der Waals surface area contributed by atoms with Crippen LogP contribution in [0.4, 0.5) is 0 Å². The van der Waals surface area contributed by atoms with E-state index in [2.05, 4.69) is 0 Å². The molecule has 0 radical (unpaired) electrons. The normalized spacial score (nSPS) is 23.3. The second kappa shape index (κ2) is 7.59. The minimum atomic E-state index is -3.25. The quantitative estimate of drug-likeness (QED) is 0.719. The molecule has 1 aliphatic heterocycles. The number of carbonyl (C=O) groups excluding carboxylic acids is 1. The van der Waals surface area contributed by atoms with Crippen LogP contribution >= 0.6 is 0 Å². The molecule has 1 amide bonds. The maximum absolute atomic E-state index is 13.0. The Morgan fingerprint density at radius 3 is 2.18 bits per heavy atom. The molecule has 0 aromatic heterocycles. The highest BCUT2D eigenvalue weighted by Gasteiger charge is 2.52. The average molecular weight is 400 g/mol. The molecule has 148 valence electrons. The van der Waals surface area contributed by atoms with Crippen molar-refractivity contribution in [3.05, 3.63) is 60.2 Å². The lowest BCUT2D eigenvalue weighted by molar-refractivity contribution is -0.170. The Labute approximate surface area is 166 Å². The first-order chi connectivity index (χ1) is 13.4. The lowest BCUT2D eigenvalue weighted by Gasteiger charge is -2.51. The van der Waals surface area contributed by atoms with Crippen molar-refractivity contribution in [2.45, 2.75) is 55.2 Å². The van der Waals surface area contributed by atoms with Crippen LogP contribution in [0.2, 0.25) is 0 Å². The Bertz CT molecular complexity index is 934. The number of nitrogens with zero attached hydrogens (tertiary/aromatic N) is 1. The molecule has 2 unspecified atom stereocenters. The summed E-state index contributed by atoms with van der Waals surface area (Å²) in [5, 5.41) is 0. The van der Waals surface area contributed by atoms with Gasteiger partial charge in [-0.05, 0) is 42.7 Å². The van der Waals surface area contributed by atoms with E-state index in [4.69, 9.17) is 4.74 Å². The standard InChI is InChI=1S/C22H25NO4S/c1-28(25,26)19-14-12-16(13-15-19)20-21(27-18-10-6-3-7-11-18)22(24)23(20)17-8-4-2-5-9-17/h3,6-7,10-15,17,20-21H,2,4-5,8-9H2,1H3. The summed E-state index contributed by atoms with van der Waals surface area (Å²) in [6, 6.07) is 16.3. The van der Waals surface area contributed by atoms with E-state index in [1.54, 1.807) is 12.1 Å². The van der Waals surface area contributed by atoms with Gasteiger partial charge in [-0.25, -0.2) is 8.42 Å². The van der Waals surface area contributed by atoms with Crippen molar-refractivity contribution in [3.63, 3.8) is 0 Å². The van der Waals surface area contributed by atoms with Crippen molar-refractivity contribution in [3.8, 4) is 5.75 Å². The van der Waals surface area contributed by atoms with Gasteiger partial charge in [0.1, 0.15) is 11.8 Å². The zero-order valence-electron chi connectivity index (χ0n) is 16.0. The molecule has 4 rings (SSSR count). The van der Waals surface area contributed by atoms with E-state index in [0.29, 0.717) is 5.75 Å².